The third-order valence-corrected chi connectivity index (χ3v) is 5.16. The Morgan fingerprint density at radius 1 is 1.44 bits per heavy atom. The maximum Gasteiger partial charge on any atom is 0.350 e. The second-order valence-corrected chi connectivity index (χ2v) is 7.22. The molecule has 2 aromatic heterocycles. The Kier molecular flexibility index (Phi) is 7.78. The first kappa shape index (κ1) is 20.9. The van der Waals surface area contributed by atoms with Crippen LogP contribution in [0.2, 0.25) is 0 Å². The van der Waals surface area contributed by atoms with Gasteiger partial charge in [0.15, 0.2) is 5.96 Å². The number of esters is 1. The van der Waals surface area contributed by atoms with Crippen LogP contribution in [0.15, 0.2) is 17.4 Å². The van der Waals surface area contributed by atoms with Crippen molar-refractivity contribution in [2.75, 3.05) is 20.2 Å². The van der Waals surface area contributed by atoms with Crippen LogP contribution in [-0.4, -0.2) is 46.9 Å². The number of hydrogen-bond donors (Lipinski definition) is 2. The molecule has 0 fully saturated rings. The van der Waals surface area contributed by atoms with Gasteiger partial charge in [0.25, 0.3) is 0 Å². The molecule has 2 N–H and O–H groups in total. The topological polar surface area (TPSA) is 93.4 Å². The van der Waals surface area contributed by atoms with Crippen molar-refractivity contribution in [2.45, 2.75) is 46.7 Å². The van der Waals surface area contributed by atoms with Crippen LogP contribution in [-0.2, 0) is 11.3 Å². The molecule has 27 heavy (non-hydrogen) atoms. The number of aliphatic imine (C=N–C) groups is 1. The molecule has 0 amide bonds. The van der Waals surface area contributed by atoms with Gasteiger partial charge in [-0.1, -0.05) is 0 Å². The highest BCUT2D eigenvalue weighted by Crippen LogP contribution is 2.24. The molecule has 2 heterocycles. The molecule has 2 aromatic rings. The molecule has 0 aromatic carbocycles. The van der Waals surface area contributed by atoms with Crippen LogP contribution in [0.4, 0.5) is 0 Å². The summed E-state index contributed by atoms with van der Waals surface area (Å²) in [5.74, 6) is 0.381. The predicted octanol–water partition coefficient (Wildman–Crippen LogP) is 2.45. The average Bonchev–Trinajstić information content (AvgIpc) is 3.23. The number of carbonyl (C=O) groups excluding carboxylic acids is 1. The number of nitrogens with one attached hydrogen (secondary N) is 2. The number of rotatable bonds is 8. The smallest absolute Gasteiger partial charge is 0.350 e. The monoisotopic (exact) mass is 392 g/mol. The maximum absolute atomic E-state index is 12.0. The SMILES string of the molecule is CCOC(=O)c1sc(C(C)NC(=NC)NCCCn2cc(C)cn2)nc1C. The fourth-order valence-corrected chi connectivity index (χ4v) is 3.45. The minimum absolute atomic E-state index is 0.0724. The highest BCUT2D eigenvalue weighted by Gasteiger charge is 2.20. The van der Waals surface area contributed by atoms with Crippen LogP contribution in [0.1, 0.15) is 52.2 Å². The summed E-state index contributed by atoms with van der Waals surface area (Å²) in [7, 11) is 1.73. The number of aryl methyl sites for hydroxylation is 3. The van der Waals surface area contributed by atoms with E-state index >= 15 is 0 Å². The lowest BCUT2D eigenvalue weighted by Gasteiger charge is -2.16. The van der Waals surface area contributed by atoms with Crippen LogP contribution in [0.25, 0.3) is 0 Å². The number of guanidine groups is 1. The van der Waals surface area contributed by atoms with Crippen molar-refractivity contribution in [1.82, 2.24) is 25.4 Å². The van der Waals surface area contributed by atoms with Crippen molar-refractivity contribution in [3.05, 3.63) is 33.5 Å². The highest BCUT2D eigenvalue weighted by atomic mass is 32.1. The van der Waals surface area contributed by atoms with Crippen molar-refractivity contribution in [2.24, 2.45) is 4.99 Å². The molecule has 1 unspecified atom stereocenters. The lowest BCUT2D eigenvalue weighted by Crippen LogP contribution is -2.39. The van der Waals surface area contributed by atoms with Crippen molar-refractivity contribution >= 4 is 23.3 Å². The molecule has 148 valence electrons. The molecule has 0 aliphatic heterocycles. The van der Waals surface area contributed by atoms with E-state index < -0.39 is 0 Å². The molecule has 0 bridgehead atoms. The third kappa shape index (κ3) is 6.06. The molecule has 2 rings (SSSR count). The first-order chi connectivity index (χ1) is 12.9. The summed E-state index contributed by atoms with van der Waals surface area (Å²) in [6.07, 6.45) is 4.82. The van der Waals surface area contributed by atoms with Crippen molar-refractivity contribution in [3.63, 3.8) is 0 Å². The first-order valence-corrected chi connectivity index (χ1v) is 9.87. The van der Waals surface area contributed by atoms with E-state index in [0.717, 1.165) is 30.1 Å². The zero-order chi connectivity index (χ0) is 19.8. The average molecular weight is 393 g/mol. The molecule has 0 saturated heterocycles. The fraction of sp³-hybridized carbons (Fsp3) is 0.556. The fourth-order valence-electron chi connectivity index (χ4n) is 2.49. The summed E-state index contributed by atoms with van der Waals surface area (Å²) in [4.78, 5) is 21.3. The lowest BCUT2D eigenvalue weighted by molar-refractivity contribution is 0.0531. The summed E-state index contributed by atoms with van der Waals surface area (Å²) in [5, 5.41) is 11.7. The Balaban J connectivity index is 1.84. The largest absolute Gasteiger partial charge is 0.462 e. The van der Waals surface area contributed by atoms with Crippen LogP contribution in [0, 0.1) is 13.8 Å². The van der Waals surface area contributed by atoms with E-state index in [0.29, 0.717) is 23.1 Å². The Bertz CT molecular complexity index is 783. The van der Waals surface area contributed by atoms with Gasteiger partial charge >= 0.3 is 5.97 Å². The van der Waals surface area contributed by atoms with Crippen molar-refractivity contribution < 1.29 is 9.53 Å². The normalized spacial score (nSPS) is 12.7. The second kappa shape index (κ2) is 10.1. The summed E-state index contributed by atoms with van der Waals surface area (Å²) in [6, 6.07) is -0.0724. The van der Waals surface area contributed by atoms with Gasteiger partial charge in [0, 0.05) is 26.3 Å². The number of thiazole rings is 1. The molecule has 8 nitrogen and oxygen atoms in total. The van der Waals surface area contributed by atoms with Gasteiger partial charge in [-0.2, -0.15) is 5.10 Å². The number of ether oxygens (including phenoxy) is 1. The van der Waals surface area contributed by atoms with Crippen LogP contribution in [0.3, 0.4) is 0 Å². The Hall–Kier alpha value is -2.42. The molecule has 1 atom stereocenters. The number of nitrogens with zero attached hydrogens (tertiary/aromatic N) is 4. The van der Waals surface area contributed by atoms with Crippen LogP contribution in [0.5, 0.6) is 0 Å². The third-order valence-electron chi connectivity index (χ3n) is 3.84. The van der Waals surface area contributed by atoms with Gasteiger partial charge in [0.2, 0.25) is 0 Å². The zero-order valence-electron chi connectivity index (χ0n) is 16.6. The minimum Gasteiger partial charge on any atom is -0.462 e. The number of aromatic nitrogens is 3. The van der Waals surface area contributed by atoms with Gasteiger partial charge in [0.1, 0.15) is 9.88 Å². The zero-order valence-corrected chi connectivity index (χ0v) is 17.4. The Morgan fingerprint density at radius 2 is 2.22 bits per heavy atom. The van der Waals surface area contributed by atoms with Crippen molar-refractivity contribution in [3.8, 4) is 0 Å². The minimum atomic E-state index is -0.317. The van der Waals surface area contributed by atoms with Gasteiger partial charge in [-0.05, 0) is 39.7 Å². The first-order valence-electron chi connectivity index (χ1n) is 9.05. The Labute approximate surface area is 164 Å². The van der Waals surface area contributed by atoms with E-state index in [2.05, 4.69) is 25.7 Å². The van der Waals surface area contributed by atoms with E-state index in [1.807, 2.05) is 37.8 Å². The van der Waals surface area contributed by atoms with E-state index in [1.165, 1.54) is 11.3 Å². The van der Waals surface area contributed by atoms with Crippen molar-refractivity contribution in [1.29, 1.82) is 0 Å². The number of carbonyl (C=O) groups is 1. The molecule has 0 radical (unpaired) electrons. The van der Waals surface area contributed by atoms with Gasteiger partial charge in [0.05, 0.1) is 24.5 Å². The van der Waals surface area contributed by atoms with Gasteiger partial charge in [-0.15, -0.1) is 11.3 Å². The maximum atomic E-state index is 12.0. The summed E-state index contributed by atoms with van der Waals surface area (Å²) in [5.41, 5.74) is 1.86. The molecule has 0 saturated carbocycles. The van der Waals surface area contributed by atoms with Gasteiger partial charge in [-0.3, -0.25) is 9.67 Å². The van der Waals surface area contributed by atoms with E-state index in [4.69, 9.17) is 4.74 Å². The summed E-state index contributed by atoms with van der Waals surface area (Å²) in [6.45, 7) is 9.62. The predicted molar refractivity (Wildman–Crippen MR) is 107 cm³/mol. The summed E-state index contributed by atoms with van der Waals surface area (Å²) >= 11 is 1.35. The van der Waals surface area contributed by atoms with E-state index in [-0.39, 0.29) is 12.0 Å². The van der Waals surface area contributed by atoms with Gasteiger partial charge < -0.3 is 15.4 Å². The molecule has 0 aliphatic carbocycles. The van der Waals surface area contributed by atoms with Crippen LogP contribution >= 0.6 is 11.3 Å². The summed E-state index contributed by atoms with van der Waals surface area (Å²) < 4.78 is 7.01. The molecular weight excluding hydrogens is 364 g/mol. The van der Waals surface area contributed by atoms with E-state index in [1.54, 1.807) is 14.0 Å². The molecule has 9 heteroatoms. The molecule has 0 aliphatic rings. The quantitative estimate of drug-likeness (QED) is 0.310. The van der Waals surface area contributed by atoms with E-state index in [9.17, 15) is 4.79 Å². The lowest BCUT2D eigenvalue weighted by atomic mass is 10.3. The number of hydrogen-bond acceptors (Lipinski definition) is 6. The second-order valence-electron chi connectivity index (χ2n) is 6.19. The van der Waals surface area contributed by atoms with Crippen LogP contribution < -0.4 is 10.6 Å². The standard InChI is InChI=1S/C18H28N6O2S/c1-6-26-17(25)15-13(3)22-16(27-15)14(4)23-18(19-5)20-8-7-9-24-11-12(2)10-21-24/h10-11,14H,6-9H2,1-5H3,(H2,19,20,23). The van der Waals surface area contributed by atoms with Gasteiger partial charge in [-0.25, -0.2) is 9.78 Å². The highest BCUT2D eigenvalue weighted by molar-refractivity contribution is 7.13. The molecule has 0 spiro atoms. The molecular formula is C18H28N6O2S. The Morgan fingerprint density at radius 3 is 2.85 bits per heavy atom.